The van der Waals surface area contributed by atoms with Gasteiger partial charge in [-0.3, -0.25) is 9.59 Å². The van der Waals surface area contributed by atoms with Crippen molar-refractivity contribution in [2.45, 2.75) is 44.7 Å². The van der Waals surface area contributed by atoms with Gasteiger partial charge in [0.05, 0.1) is 6.04 Å². The molecule has 0 aliphatic rings. The van der Waals surface area contributed by atoms with E-state index in [0.29, 0.717) is 12.8 Å². The maximum atomic E-state index is 11.5. The Morgan fingerprint density at radius 2 is 1.82 bits per heavy atom. The third kappa shape index (κ3) is 6.52. The van der Waals surface area contributed by atoms with Crippen LogP contribution in [0.25, 0.3) is 0 Å². The van der Waals surface area contributed by atoms with Gasteiger partial charge in [-0.2, -0.15) is 0 Å². The maximum absolute atomic E-state index is 11.5. The van der Waals surface area contributed by atoms with Crippen molar-refractivity contribution in [3.63, 3.8) is 0 Å². The van der Waals surface area contributed by atoms with E-state index in [0.717, 1.165) is 0 Å². The molecule has 0 bridgehead atoms. The van der Waals surface area contributed by atoms with Crippen LogP contribution < -0.4 is 11.1 Å². The van der Waals surface area contributed by atoms with E-state index >= 15 is 0 Å². The van der Waals surface area contributed by atoms with Gasteiger partial charge in [-0.05, 0) is 12.8 Å². The highest BCUT2D eigenvalue weighted by atomic mass is 16.4. The van der Waals surface area contributed by atoms with Crippen LogP contribution in [0.15, 0.2) is 0 Å². The number of amides is 1. The summed E-state index contributed by atoms with van der Waals surface area (Å²) in [4.78, 5) is 32.5. The minimum atomic E-state index is -1.12. The van der Waals surface area contributed by atoms with Crippen LogP contribution in [0.1, 0.15) is 32.6 Å². The molecule has 0 rings (SSSR count). The first kappa shape index (κ1) is 15.4. The van der Waals surface area contributed by atoms with Crippen molar-refractivity contribution in [1.29, 1.82) is 0 Å². The molecule has 0 spiro atoms. The Morgan fingerprint density at radius 1 is 1.24 bits per heavy atom. The number of nitrogens with two attached hydrogens (primary N) is 1. The molecule has 2 atom stereocenters. The molecule has 0 fully saturated rings. The molecule has 17 heavy (non-hydrogen) atoms. The molecule has 1 unspecified atom stereocenters. The fraction of sp³-hybridized carbons (Fsp3) is 0.700. The quantitative estimate of drug-likeness (QED) is 0.459. The van der Waals surface area contributed by atoms with Gasteiger partial charge in [0.2, 0.25) is 5.91 Å². The molecule has 0 saturated carbocycles. The zero-order chi connectivity index (χ0) is 13.4. The van der Waals surface area contributed by atoms with Crippen LogP contribution in [0.3, 0.4) is 0 Å². The van der Waals surface area contributed by atoms with Gasteiger partial charge in [-0.15, -0.1) is 0 Å². The van der Waals surface area contributed by atoms with Gasteiger partial charge in [0.1, 0.15) is 6.04 Å². The number of rotatable bonds is 8. The van der Waals surface area contributed by atoms with Crippen molar-refractivity contribution >= 4 is 17.8 Å². The van der Waals surface area contributed by atoms with E-state index in [9.17, 15) is 14.4 Å². The summed E-state index contributed by atoms with van der Waals surface area (Å²) in [7, 11) is 0. The molecule has 5 N–H and O–H groups in total. The van der Waals surface area contributed by atoms with E-state index in [1.54, 1.807) is 6.92 Å². The number of carboxylic acids is 2. The molecule has 0 aromatic heterocycles. The summed E-state index contributed by atoms with van der Waals surface area (Å²) in [6, 6.07) is -1.96. The van der Waals surface area contributed by atoms with Gasteiger partial charge < -0.3 is 21.3 Å². The molecule has 0 aromatic rings. The van der Waals surface area contributed by atoms with Gasteiger partial charge in [0.25, 0.3) is 0 Å². The minimum absolute atomic E-state index is 0.0143. The highest BCUT2D eigenvalue weighted by Crippen LogP contribution is 2.00. The van der Waals surface area contributed by atoms with Crippen LogP contribution in [-0.2, 0) is 14.4 Å². The van der Waals surface area contributed by atoms with Crippen LogP contribution in [0.5, 0.6) is 0 Å². The molecular weight excluding hydrogens is 228 g/mol. The van der Waals surface area contributed by atoms with Crippen LogP contribution in [-0.4, -0.2) is 40.1 Å². The number of carbonyl (C=O) groups excluding carboxylic acids is 1. The predicted molar refractivity (Wildman–Crippen MR) is 59.3 cm³/mol. The molecular formula is C10H18N2O5. The van der Waals surface area contributed by atoms with Gasteiger partial charge in [0, 0.05) is 6.42 Å². The lowest BCUT2D eigenvalue weighted by Crippen LogP contribution is -2.48. The lowest BCUT2D eigenvalue weighted by Gasteiger charge is -2.16. The smallest absolute Gasteiger partial charge is 0.326 e. The van der Waals surface area contributed by atoms with Crippen molar-refractivity contribution < 1.29 is 24.6 Å². The Kier molecular flexibility index (Phi) is 6.88. The highest BCUT2D eigenvalue weighted by Gasteiger charge is 2.22. The monoisotopic (exact) mass is 246 g/mol. The number of carbonyl (C=O) groups is 3. The molecule has 0 heterocycles. The van der Waals surface area contributed by atoms with E-state index in [1.807, 2.05) is 0 Å². The number of nitrogens with one attached hydrogen (secondary N) is 1. The fourth-order valence-corrected chi connectivity index (χ4v) is 1.23. The highest BCUT2D eigenvalue weighted by molar-refractivity contribution is 5.87. The van der Waals surface area contributed by atoms with Crippen molar-refractivity contribution in [2.24, 2.45) is 5.73 Å². The summed E-state index contributed by atoms with van der Waals surface area (Å²) < 4.78 is 0. The SMILES string of the molecule is CCC[C@@H](NC(=O)C(N)CCC(=O)O)C(=O)O. The molecule has 1 amide bonds. The average molecular weight is 246 g/mol. The second-order valence-corrected chi connectivity index (χ2v) is 3.73. The lowest BCUT2D eigenvalue weighted by molar-refractivity contribution is -0.142. The Balaban J connectivity index is 4.20. The summed E-state index contributed by atoms with van der Waals surface area (Å²) >= 11 is 0. The van der Waals surface area contributed by atoms with Gasteiger partial charge in [0.15, 0.2) is 0 Å². The zero-order valence-corrected chi connectivity index (χ0v) is 9.68. The van der Waals surface area contributed by atoms with E-state index < -0.39 is 29.9 Å². The largest absolute Gasteiger partial charge is 0.481 e. The van der Waals surface area contributed by atoms with Crippen LogP contribution >= 0.6 is 0 Å². The second kappa shape index (κ2) is 7.61. The Bertz CT molecular complexity index is 292. The summed E-state index contributed by atoms with van der Waals surface area (Å²) in [6.07, 6.45) is 0.689. The first-order chi connectivity index (χ1) is 7.88. The van der Waals surface area contributed by atoms with Gasteiger partial charge >= 0.3 is 11.9 Å². The summed E-state index contributed by atoms with van der Waals surface area (Å²) in [6.45, 7) is 1.80. The fourth-order valence-electron chi connectivity index (χ4n) is 1.23. The van der Waals surface area contributed by atoms with E-state index in [1.165, 1.54) is 0 Å². The summed E-state index contributed by atoms with van der Waals surface area (Å²) in [5, 5.41) is 19.5. The van der Waals surface area contributed by atoms with E-state index in [-0.39, 0.29) is 12.8 Å². The summed E-state index contributed by atoms with van der Waals surface area (Å²) in [5.41, 5.74) is 5.44. The molecule has 0 aliphatic carbocycles. The van der Waals surface area contributed by atoms with Crippen LogP contribution in [0.2, 0.25) is 0 Å². The number of aliphatic carboxylic acids is 2. The average Bonchev–Trinajstić information content (AvgIpc) is 2.24. The molecule has 0 aromatic carbocycles. The van der Waals surface area contributed by atoms with Crippen LogP contribution in [0, 0.1) is 0 Å². The van der Waals surface area contributed by atoms with Crippen molar-refractivity contribution in [1.82, 2.24) is 5.32 Å². The number of hydrogen-bond donors (Lipinski definition) is 4. The third-order valence-corrected chi connectivity index (χ3v) is 2.20. The van der Waals surface area contributed by atoms with Crippen molar-refractivity contribution in [3.8, 4) is 0 Å². The molecule has 7 heteroatoms. The first-order valence-electron chi connectivity index (χ1n) is 5.39. The standard InChI is InChI=1S/C10H18N2O5/c1-2-3-7(10(16)17)12-9(15)6(11)4-5-8(13)14/h6-7H,2-5,11H2,1H3,(H,12,15)(H,13,14)(H,16,17)/t6?,7-/m1/s1. The minimum Gasteiger partial charge on any atom is -0.481 e. The predicted octanol–water partition coefficient (Wildman–Crippen LogP) is -0.452. The van der Waals surface area contributed by atoms with E-state index in [2.05, 4.69) is 5.32 Å². The Morgan fingerprint density at radius 3 is 2.24 bits per heavy atom. The van der Waals surface area contributed by atoms with Crippen molar-refractivity contribution in [2.75, 3.05) is 0 Å². The molecule has 0 saturated heterocycles. The Hall–Kier alpha value is -1.63. The molecule has 0 radical (unpaired) electrons. The molecule has 98 valence electrons. The maximum Gasteiger partial charge on any atom is 0.326 e. The lowest BCUT2D eigenvalue weighted by atomic mass is 10.1. The zero-order valence-electron chi connectivity index (χ0n) is 9.68. The Labute approximate surface area is 99.0 Å². The van der Waals surface area contributed by atoms with Gasteiger partial charge in [-0.25, -0.2) is 4.79 Å². The number of carboxylic acid groups (broad SMARTS) is 2. The van der Waals surface area contributed by atoms with Crippen LogP contribution in [0.4, 0.5) is 0 Å². The topological polar surface area (TPSA) is 130 Å². The van der Waals surface area contributed by atoms with Crippen molar-refractivity contribution in [3.05, 3.63) is 0 Å². The third-order valence-electron chi connectivity index (χ3n) is 2.20. The first-order valence-corrected chi connectivity index (χ1v) is 5.39. The second-order valence-electron chi connectivity index (χ2n) is 3.73. The summed E-state index contributed by atoms with van der Waals surface area (Å²) in [5.74, 6) is -2.80. The number of hydrogen-bond acceptors (Lipinski definition) is 4. The van der Waals surface area contributed by atoms with Gasteiger partial charge in [-0.1, -0.05) is 13.3 Å². The molecule has 7 nitrogen and oxygen atoms in total. The molecule has 0 aliphatic heterocycles. The van der Waals surface area contributed by atoms with E-state index in [4.69, 9.17) is 15.9 Å². The normalized spacial score (nSPS) is 13.8.